The van der Waals surface area contributed by atoms with Gasteiger partial charge in [0.05, 0.1) is 18.0 Å². The van der Waals surface area contributed by atoms with Crippen LogP contribution >= 0.6 is 23.2 Å². The van der Waals surface area contributed by atoms with Crippen LogP contribution < -0.4 is 0 Å². The molecule has 0 amide bonds. The van der Waals surface area contributed by atoms with Crippen LogP contribution in [0.5, 0.6) is 0 Å². The van der Waals surface area contributed by atoms with Gasteiger partial charge in [-0.2, -0.15) is 0 Å². The maximum atomic E-state index is 6.28. The van der Waals surface area contributed by atoms with Crippen molar-refractivity contribution in [2.45, 2.75) is 20.3 Å². The molecule has 1 rings (SSSR count). The van der Waals surface area contributed by atoms with Crippen molar-refractivity contribution in [1.29, 1.82) is 0 Å². The molecule has 0 spiro atoms. The highest BCUT2D eigenvalue weighted by Crippen LogP contribution is 2.31. The first-order valence-corrected chi connectivity index (χ1v) is 5.89. The van der Waals surface area contributed by atoms with Gasteiger partial charge in [-0.05, 0) is 24.8 Å². The van der Waals surface area contributed by atoms with E-state index >= 15 is 0 Å². The van der Waals surface area contributed by atoms with Crippen molar-refractivity contribution in [1.82, 2.24) is 0 Å². The SMILES string of the molecule is COC1=C(CCl)/C=C/CC(C)/C(C)=C\1Cl. The molecule has 0 bridgehead atoms. The predicted molar refractivity (Wildman–Crippen MR) is 66.2 cm³/mol. The lowest BCUT2D eigenvalue weighted by Gasteiger charge is -2.18. The number of hydrogen-bond acceptors (Lipinski definition) is 1. The molecule has 1 atom stereocenters. The Morgan fingerprint density at radius 1 is 1.53 bits per heavy atom. The van der Waals surface area contributed by atoms with Crippen molar-refractivity contribution in [3.8, 4) is 0 Å². The van der Waals surface area contributed by atoms with E-state index in [1.165, 1.54) is 0 Å². The molecule has 0 saturated carbocycles. The minimum Gasteiger partial charge on any atom is -0.495 e. The predicted octanol–water partition coefficient (Wildman–Crippen LogP) is 4.23. The van der Waals surface area contributed by atoms with E-state index in [9.17, 15) is 0 Å². The largest absolute Gasteiger partial charge is 0.495 e. The van der Waals surface area contributed by atoms with Gasteiger partial charge in [-0.25, -0.2) is 0 Å². The van der Waals surface area contributed by atoms with Gasteiger partial charge in [0.2, 0.25) is 0 Å². The highest BCUT2D eigenvalue weighted by Gasteiger charge is 2.16. The Morgan fingerprint density at radius 2 is 2.20 bits per heavy atom. The highest BCUT2D eigenvalue weighted by atomic mass is 35.5. The molecule has 0 aromatic heterocycles. The van der Waals surface area contributed by atoms with Crippen LogP contribution in [0.4, 0.5) is 0 Å². The Morgan fingerprint density at radius 3 is 2.73 bits per heavy atom. The number of methoxy groups -OCH3 is 1. The summed E-state index contributed by atoms with van der Waals surface area (Å²) in [4.78, 5) is 0. The number of halogens is 2. The van der Waals surface area contributed by atoms with E-state index in [4.69, 9.17) is 27.9 Å². The first-order valence-electron chi connectivity index (χ1n) is 4.98. The zero-order valence-corrected chi connectivity index (χ0v) is 10.8. The lowest BCUT2D eigenvalue weighted by atomic mass is 9.95. The summed E-state index contributed by atoms with van der Waals surface area (Å²) in [5.74, 6) is 1.56. The summed E-state index contributed by atoms with van der Waals surface area (Å²) >= 11 is 12.1. The van der Waals surface area contributed by atoms with Crippen molar-refractivity contribution in [3.63, 3.8) is 0 Å². The molecule has 3 heteroatoms. The molecule has 0 saturated heterocycles. The fourth-order valence-corrected chi connectivity index (χ4v) is 2.12. The van der Waals surface area contributed by atoms with Gasteiger partial charge in [-0.15, -0.1) is 11.6 Å². The minimum atomic E-state index is 0.414. The molecule has 0 N–H and O–H groups in total. The molecular weight excluding hydrogens is 231 g/mol. The van der Waals surface area contributed by atoms with E-state index in [0.29, 0.717) is 22.6 Å². The van der Waals surface area contributed by atoms with Crippen LogP contribution in [-0.4, -0.2) is 13.0 Å². The van der Waals surface area contributed by atoms with Gasteiger partial charge in [-0.1, -0.05) is 30.7 Å². The van der Waals surface area contributed by atoms with E-state index < -0.39 is 0 Å². The molecule has 0 fully saturated rings. The van der Waals surface area contributed by atoms with E-state index in [1.54, 1.807) is 7.11 Å². The molecule has 1 nitrogen and oxygen atoms in total. The summed E-state index contributed by atoms with van der Waals surface area (Å²) in [6.07, 6.45) is 5.10. The Balaban J connectivity index is 3.26. The van der Waals surface area contributed by atoms with E-state index in [-0.39, 0.29) is 0 Å². The van der Waals surface area contributed by atoms with Gasteiger partial charge in [0.25, 0.3) is 0 Å². The average molecular weight is 247 g/mol. The van der Waals surface area contributed by atoms with E-state index in [1.807, 2.05) is 13.0 Å². The third-order valence-electron chi connectivity index (χ3n) is 2.73. The summed E-state index contributed by atoms with van der Waals surface area (Å²) in [5.41, 5.74) is 2.09. The number of ether oxygens (including phenoxy) is 1. The second kappa shape index (κ2) is 5.62. The summed E-state index contributed by atoms with van der Waals surface area (Å²) in [5, 5.41) is 0.699. The maximum absolute atomic E-state index is 6.28. The van der Waals surface area contributed by atoms with Crippen LogP contribution in [-0.2, 0) is 4.74 Å². The van der Waals surface area contributed by atoms with Crippen LogP contribution in [0, 0.1) is 5.92 Å². The van der Waals surface area contributed by atoms with Gasteiger partial charge in [-0.3, -0.25) is 0 Å². The standard InChI is InChI=1S/C12H16Cl2O/c1-8-5-4-6-10(7-13)12(15-3)11(14)9(8)2/h4,6,8H,5,7H2,1-3H3/b6-4+,11-9+,12-10-. The molecule has 0 heterocycles. The van der Waals surface area contributed by atoms with Gasteiger partial charge < -0.3 is 4.74 Å². The smallest absolute Gasteiger partial charge is 0.141 e. The highest BCUT2D eigenvalue weighted by molar-refractivity contribution is 6.32. The first kappa shape index (κ1) is 12.7. The summed E-state index contributed by atoms with van der Waals surface area (Å²) in [6, 6.07) is 0. The van der Waals surface area contributed by atoms with Gasteiger partial charge >= 0.3 is 0 Å². The molecule has 0 aromatic rings. The summed E-state index contributed by atoms with van der Waals surface area (Å²) in [6.45, 7) is 4.19. The Bertz CT molecular complexity index is 327. The molecule has 1 aliphatic rings. The van der Waals surface area contributed by atoms with Gasteiger partial charge in [0.1, 0.15) is 5.76 Å². The maximum Gasteiger partial charge on any atom is 0.141 e. The van der Waals surface area contributed by atoms with Crippen molar-refractivity contribution < 1.29 is 4.74 Å². The second-order valence-corrected chi connectivity index (χ2v) is 4.37. The molecule has 0 aromatic carbocycles. The zero-order chi connectivity index (χ0) is 11.4. The van der Waals surface area contributed by atoms with Gasteiger partial charge in [0.15, 0.2) is 0 Å². The van der Waals surface area contributed by atoms with Crippen LogP contribution in [0.25, 0.3) is 0 Å². The van der Waals surface area contributed by atoms with Crippen molar-refractivity contribution in [3.05, 3.63) is 34.1 Å². The lowest BCUT2D eigenvalue weighted by molar-refractivity contribution is 0.300. The second-order valence-electron chi connectivity index (χ2n) is 3.73. The first-order chi connectivity index (χ1) is 7.11. The molecule has 1 aliphatic carbocycles. The number of rotatable bonds is 2. The molecule has 84 valence electrons. The minimum absolute atomic E-state index is 0.414. The Hall–Kier alpha value is -0.400. The quantitative estimate of drug-likeness (QED) is 0.663. The number of allylic oxidation sites excluding steroid dienone is 5. The van der Waals surface area contributed by atoms with Crippen LogP contribution in [0.3, 0.4) is 0 Å². The molecular formula is C12H16Cl2O. The van der Waals surface area contributed by atoms with Crippen molar-refractivity contribution in [2.75, 3.05) is 13.0 Å². The average Bonchev–Trinajstić information content (AvgIpc) is 2.24. The molecule has 15 heavy (non-hydrogen) atoms. The topological polar surface area (TPSA) is 9.23 Å². The lowest BCUT2D eigenvalue weighted by Crippen LogP contribution is -2.04. The third kappa shape index (κ3) is 2.79. The van der Waals surface area contributed by atoms with Crippen molar-refractivity contribution in [2.24, 2.45) is 5.92 Å². The molecule has 0 aliphatic heterocycles. The fraction of sp³-hybridized carbons (Fsp3) is 0.500. The van der Waals surface area contributed by atoms with Crippen LogP contribution in [0.2, 0.25) is 0 Å². The normalized spacial score (nSPS) is 34.6. The van der Waals surface area contributed by atoms with Crippen LogP contribution in [0.1, 0.15) is 20.3 Å². The fourth-order valence-electron chi connectivity index (χ4n) is 1.53. The van der Waals surface area contributed by atoms with Crippen molar-refractivity contribution >= 4 is 23.2 Å². The summed E-state index contributed by atoms with van der Waals surface area (Å²) < 4.78 is 5.32. The van der Waals surface area contributed by atoms with Crippen LogP contribution in [0.15, 0.2) is 34.1 Å². The third-order valence-corrected chi connectivity index (χ3v) is 3.49. The van der Waals surface area contributed by atoms with E-state index in [2.05, 4.69) is 13.0 Å². The van der Waals surface area contributed by atoms with E-state index in [0.717, 1.165) is 17.6 Å². The molecule has 0 radical (unpaired) electrons. The Labute approximate surface area is 101 Å². The number of hydrogen-bond donors (Lipinski definition) is 0. The monoisotopic (exact) mass is 246 g/mol. The van der Waals surface area contributed by atoms with Gasteiger partial charge in [0, 0.05) is 5.57 Å². The Kier molecular flexibility index (Phi) is 4.75. The zero-order valence-electron chi connectivity index (χ0n) is 9.31. The summed E-state index contributed by atoms with van der Waals surface area (Å²) in [7, 11) is 1.62. The number of alkyl halides is 1. The molecule has 1 unspecified atom stereocenters.